The number of fused-ring (bicyclic) bond motifs is 2. The Balaban J connectivity index is 0.000000495. The lowest BCUT2D eigenvalue weighted by Gasteiger charge is -2.27. The lowest BCUT2D eigenvalue weighted by molar-refractivity contribution is -0.114. The first-order valence-corrected chi connectivity index (χ1v) is 48.0. The van der Waals surface area contributed by atoms with Gasteiger partial charge in [0.05, 0.1) is 129 Å². The molecule has 0 radical (unpaired) electrons. The third-order valence-electron chi connectivity index (χ3n) is 15.9. The van der Waals surface area contributed by atoms with E-state index in [0.29, 0.717) is 94.7 Å². The van der Waals surface area contributed by atoms with Crippen LogP contribution < -0.4 is 66.1 Å². The molecule has 2 heterocycles. The van der Waals surface area contributed by atoms with Crippen LogP contribution in [0.4, 0.5) is 17.1 Å². The van der Waals surface area contributed by atoms with Gasteiger partial charge in [-0.15, -0.1) is 0 Å². The number of halogens is 2. The second-order valence-electron chi connectivity index (χ2n) is 24.5. The van der Waals surface area contributed by atoms with Gasteiger partial charge in [0, 0.05) is 92.6 Å². The number of benzene rings is 7. The Morgan fingerprint density at radius 3 is 1.04 bits per heavy atom. The number of amides is 5. The first kappa shape index (κ1) is 100. The van der Waals surface area contributed by atoms with Gasteiger partial charge >= 0.3 is 11.9 Å². The van der Waals surface area contributed by atoms with E-state index in [4.69, 9.17) is 71.0 Å². The van der Waals surface area contributed by atoms with Gasteiger partial charge in [0.2, 0.25) is 5.91 Å². The van der Waals surface area contributed by atoms with E-state index in [9.17, 15) is 67.2 Å². The van der Waals surface area contributed by atoms with Crippen molar-refractivity contribution < 1.29 is 115 Å². The number of ether oxygens (including phenoxy) is 8. The van der Waals surface area contributed by atoms with E-state index in [0.717, 1.165) is 22.3 Å². The van der Waals surface area contributed by atoms with Crippen LogP contribution in [0, 0.1) is 0 Å². The zero-order valence-corrected chi connectivity index (χ0v) is 71.0. The molecule has 0 spiro atoms. The third-order valence-corrected chi connectivity index (χ3v) is 19.6. The van der Waals surface area contributed by atoms with Crippen molar-refractivity contribution in [1.29, 1.82) is 0 Å². The molecule has 5 amide bonds. The quantitative estimate of drug-likeness (QED) is 0.0130. The van der Waals surface area contributed by atoms with Crippen LogP contribution in [-0.2, 0) is 44.1 Å². The van der Waals surface area contributed by atoms with Gasteiger partial charge in [-0.2, -0.15) is 0 Å². The van der Waals surface area contributed by atoms with E-state index >= 15 is 0 Å². The van der Waals surface area contributed by atoms with Crippen molar-refractivity contribution in [2.24, 2.45) is 11.5 Å². The van der Waals surface area contributed by atoms with Gasteiger partial charge in [0.25, 0.3) is 23.6 Å². The van der Waals surface area contributed by atoms with Crippen LogP contribution >= 0.6 is 37.2 Å². The number of nitrogens with zero attached hydrogens (tertiary/aromatic N) is 2. The summed E-state index contributed by atoms with van der Waals surface area (Å²) in [6, 6.07) is 29.8. The largest absolute Gasteiger partial charge is 0.493 e. The first-order valence-electron chi connectivity index (χ1n) is 33.5. The van der Waals surface area contributed by atoms with Crippen LogP contribution in [0.2, 0.25) is 0 Å². The standard InChI is InChI=1S/C22H24N2O7S.C20H22N2O6S.2C12H19NO4S.C8H7NO4.2CH4.I2/c1-5-31-19-11-14(9-10-18(19)30-3)17(12-32(4,28)29)24-21(26)15-7-6-8-16(23-13(2)25)20(15)22(24)27;1-4-28-17-10-12(8-9-16(17)27-2)15(11-29(3,25)26)22-19(23)13-6-5-7-14(21)18(13)20(22)24;2*1-4-17-12-7-9(5-6-11(12)16-2)10(13)8-18(3,14)15;9-5-3-1-2-4(7(10)11)6(5)8(12)13;;;1-2/h6-11,17H,5,12H2,1-4H3,(H,23,25);5-10,15H,4,11,21H2,1-3H3;2*5-7,10H,4,8,13H2,1-3H3;1-3H,9H2,(H,10,11)(H,12,13);2*1H4;/t17-;15-;10-;;;;;/m111...../s1. The van der Waals surface area contributed by atoms with Gasteiger partial charge in [0.15, 0.2) is 46.0 Å². The number of hydrogen-bond donors (Lipinski definition) is 7. The number of carbonyl (C=O) groups is 7. The monoisotopic (exact) mass is 1890 g/mol. The van der Waals surface area contributed by atoms with Crippen molar-refractivity contribution in [2.45, 2.75) is 73.6 Å². The summed E-state index contributed by atoms with van der Waals surface area (Å²) in [4.78, 5) is 87.2. The summed E-state index contributed by atoms with van der Waals surface area (Å²) in [7, 11) is -7.31. The Bertz CT molecular complexity index is 4940. The number of aromatic carboxylic acids is 2. The van der Waals surface area contributed by atoms with Crippen molar-refractivity contribution >= 4 is 135 Å². The molecule has 7 aromatic rings. The van der Waals surface area contributed by atoms with Crippen molar-refractivity contribution in [3.05, 3.63) is 183 Å². The van der Waals surface area contributed by atoms with Gasteiger partial charge in [-0.05, 0) is 135 Å². The molecule has 0 aliphatic carbocycles. The number of carboxylic acids is 2. The van der Waals surface area contributed by atoms with E-state index in [1.54, 1.807) is 113 Å². The number of nitrogens with one attached hydrogen (secondary N) is 1. The minimum Gasteiger partial charge on any atom is -0.493 e. The van der Waals surface area contributed by atoms with Crippen molar-refractivity contribution in [2.75, 3.05) is 120 Å². The number of carboxylic acid groups (broad SMARTS) is 2. The van der Waals surface area contributed by atoms with Gasteiger partial charge in [-0.3, -0.25) is 33.8 Å². The van der Waals surface area contributed by atoms with E-state index in [-0.39, 0.29) is 76.8 Å². The smallest absolute Gasteiger partial charge is 0.338 e. The predicted molar refractivity (Wildman–Crippen MR) is 454 cm³/mol. The molecular formula is C76H99I2N7O25S4. The molecule has 7 aromatic carbocycles. The lowest BCUT2D eigenvalue weighted by Crippen LogP contribution is -2.37. The summed E-state index contributed by atoms with van der Waals surface area (Å²) in [5, 5.41) is 19.8. The second-order valence-corrected chi connectivity index (χ2v) is 33.2. The number of methoxy groups -OCH3 is 4. The minimum absolute atomic E-state index is 0. The Kier molecular flexibility index (Phi) is 40.1. The molecule has 0 aromatic heterocycles. The summed E-state index contributed by atoms with van der Waals surface area (Å²) in [5.41, 5.74) is 25.2. The average Bonchev–Trinajstić information content (AvgIpc) is 1.60. The van der Waals surface area contributed by atoms with Crippen LogP contribution in [0.3, 0.4) is 0 Å². The van der Waals surface area contributed by atoms with Gasteiger partial charge < -0.3 is 76.4 Å². The Hall–Kier alpha value is -9.59. The number of anilines is 3. The summed E-state index contributed by atoms with van der Waals surface area (Å²) in [6.07, 6.45) is 4.42. The highest BCUT2D eigenvalue weighted by Crippen LogP contribution is 2.41. The molecule has 0 bridgehead atoms. The normalized spacial score (nSPS) is 13.0. The van der Waals surface area contributed by atoms with Crippen molar-refractivity contribution in [3.8, 4) is 46.0 Å². The molecule has 11 N–H and O–H groups in total. The van der Waals surface area contributed by atoms with Gasteiger partial charge in [0.1, 0.15) is 39.3 Å². The fourth-order valence-electron chi connectivity index (χ4n) is 11.3. The van der Waals surface area contributed by atoms with Crippen LogP contribution in [0.25, 0.3) is 0 Å². The Labute approximate surface area is 688 Å². The van der Waals surface area contributed by atoms with Gasteiger partial charge in [-0.25, -0.2) is 43.3 Å². The van der Waals surface area contributed by atoms with Crippen LogP contribution in [0.5, 0.6) is 46.0 Å². The molecule has 4 atom stereocenters. The number of sulfone groups is 4. The van der Waals surface area contributed by atoms with Crippen molar-refractivity contribution in [1.82, 2.24) is 9.80 Å². The van der Waals surface area contributed by atoms with E-state index < -0.39 is 116 Å². The highest BCUT2D eigenvalue weighted by molar-refractivity contribution is 15.0. The summed E-state index contributed by atoms with van der Waals surface area (Å²) in [5.74, 6) is -2.67. The fraction of sp³-hybridized carbons (Fsp3) is 0.355. The van der Waals surface area contributed by atoms with Crippen LogP contribution in [0.1, 0.15) is 158 Å². The zero-order chi connectivity index (χ0) is 84.5. The van der Waals surface area contributed by atoms with Gasteiger partial charge in [-0.1, -0.05) is 57.3 Å². The number of nitrogen functional groups attached to an aromatic ring is 2. The summed E-state index contributed by atoms with van der Waals surface area (Å²) in [6.45, 7) is 10.3. The number of hydrogen-bond acceptors (Lipinski definition) is 27. The van der Waals surface area contributed by atoms with Crippen LogP contribution in [0.15, 0.2) is 127 Å². The maximum atomic E-state index is 13.3. The molecule has 114 heavy (non-hydrogen) atoms. The molecular weight excluding hydrogens is 1790 g/mol. The molecule has 1 unspecified atom stereocenters. The molecule has 9 rings (SSSR count). The molecule has 0 saturated carbocycles. The average molecular weight is 1890 g/mol. The molecule has 2 aliphatic heterocycles. The van der Waals surface area contributed by atoms with Crippen molar-refractivity contribution in [3.63, 3.8) is 0 Å². The topological polar surface area (TPSA) is 493 Å². The fourth-order valence-corrected chi connectivity index (χ4v) is 14.8. The predicted octanol–water partition coefficient (Wildman–Crippen LogP) is 10.5. The molecule has 2 aliphatic rings. The first-order chi connectivity index (χ1) is 52.5. The SMILES string of the molecule is C.C.CCOc1cc(C(N)CS(C)(=O)=O)ccc1OC.CCOc1cc([C@@H](CS(C)(=O)=O)N2C(=O)c3cccc(N)c3C2=O)ccc1OC.CCOc1cc([C@@H](CS(C)(=O)=O)N2C(=O)c3cccc(NC(C)=O)c3C2=O)ccc1OC.CCOc1cc([C@H](N)CS(C)(=O)=O)ccc1OC.II.Nc1cccc(C(=O)O)c1C(=O)O. The number of nitrogens with two attached hydrogens (primary N) is 4. The second kappa shape index (κ2) is 45.5. The summed E-state index contributed by atoms with van der Waals surface area (Å²) < 4.78 is 136. The number of carbonyl (C=O) groups excluding carboxylic acids is 5. The molecule has 38 heteroatoms. The molecule has 32 nitrogen and oxygen atoms in total. The zero-order valence-electron chi connectivity index (χ0n) is 63.5. The third kappa shape index (κ3) is 28.4. The van der Waals surface area contributed by atoms with E-state index in [2.05, 4.69) is 42.5 Å². The highest BCUT2D eigenvalue weighted by Gasteiger charge is 2.45. The minimum atomic E-state index is -3.60. The maximum absolute atomic E-state index is 13.3. The maximum Gasteiger partial charge on any atom is 0.338 e. The Morgan fingerprint density at radius 2 is 0.737 bits per heavy atom. The van der Waals surface area contributed by atoms with E-state index in [1.807, 2.05) is 13.8 Å². The number of imide groups is 2. The molecule has 0 fully saturated rings. The number of rotatable bonds is 29. The highest BCUT2D eigenvalue weighted by atomic mass is 128. The Morgan fingerprint density at radius 1 is 0.430 bits per heavy atom. The lowest BCUT2D eigenvalue weighted by atomic mass is 10.1. The van der Waals surface area contributed by atoms with E-state index in [1.165, 1.54) is 76.1 Å². The van der Waals surface area contributed by atoms with Crippen LogP contribution in [-0.4, -0.2) is 198 Å². The molecule has 626 valence electrons. The summed E-state index contributed by atoms with van der Waals surface area (Å²) >= 11 is 4.24. The molecule has 0 saturated heterocycles.